The van der Waals surface area contributed by atoms with Gasteiger partial charge in [-0.15, -0.1) is 0 Å². The number of carbonyl (C=O) groups excluding carboxylic acids is 7. The molecule has 74 heavy (non-hydrogen) atoms. The van der Waals surface area contributed by atoms with Crippen LogP contribution in [0.25, 0.3) is 0 Å². The Kier molecular flexibility index (Phi) is 24.2. The van der Waals surface area contributed by atoms with Crippen molar-refractivity contribution >= 4 is 59.2 Å². The van der Waals surface area contributed by atoms with E-state index in [1.54, 1.807) is 49.6 Å². The molecule has 2 aromatic carbocycles. The number of methoxy groups -OCH3 is 1. The number of hydrogen-bond acceptors (Lipinski definition) is 11. The topological polar surface area (TPSA) is 343 Å². The third kappa shape index (κ3) is 19.3. The molecule has 1 fully saturated rings. The number of nitrogens with two attached hydrogens (primary N) is 2. The molecular weight excluding hydrogens is 957 g/mol. The summed E-state index contributed by atoms with van der Waals surface area (Å²) >= 11 is 0. The zero-order valence-electron chi connectivity index (χ0n) is 43.0. The Morgan fingerprint density at radius 1 is 0.797 bits per heavy atom. The molecule has 2 aromatic rings. The van der Waals surface area contributed by atoms with E-state index >= 15 is 0 Å². The first-order valence-electron chi connectivity index (χ1n) is 24.2. The molecule has 12 N–H and O–H groups in total. The molecule has 3 rings (SSSR count). The van der Waals surface area contributed by atoms with Gasteiger partial charge in [0.2, 0.25) is 35.4 Å². The Bertz CT molecular complexity index is 2410. The van der Waals surface area contributed by atoms with Crippen LogP contribution in [0.3, 0.4) is 0 Å². The molecule has 0 radical (unpaired) electrons. The monoisotopic (exact) mass is 1030 g/mol. The van der Waals surface area contributed by atoms with Crippen molar-refractivity contribution in [1.82, 2.24) is 36.8 Å². The number of guanidine groups is 1. The van der Waals surface area contributed by atoms with Gasteiger partial charge >= 0.3 is 11.9 Å². The van der Waals surface area contributed by atoms with E-state index < -0.39 is 120 Å². The summed E-state index contributed by atoms with van der Waals surface area (Å²) < 4.78 is 5.83. The van der Waals surface area contributed by atoms with Gasteiger partial charge in [0, 0.05) is 39.5 Å². The van der Waals surface area contributed by atoms with Crippen molar-refractivity contribution in [2.75, 3.05) is 20.7 Å². The van der Waals surface area contributed by atoms with E-state index in [4.69, 9.17) is 16.2 Å². The number of carboxylic acid groups (broad SMARTS) is 2. The summed E-state index contributed by atoms with van der Waals surface area (Å²) in [5.74, 6) is -12.5. The number of benzene rings is 2. The third-order valence-electron chi connectivity index (χ3n) is 12.5. The number of likely N-dealkylation sites (N-methyl/N-ethyl adjacent to an activating group) is 1. The minimum atomic E-state index is -1.92. The highest BCUT2D eigenvalue weighted by Crippen LogP contribution is 2.19. The molecule has 0 aliphatic carbocycles. The van der Waals surface area contributed by atoms with Crippen LogP contribution in [-0.4, -0.2) is 137 Å². The van der Waals surface area contributed by atoms with Gasteiger partial charge in [-0.25, -0.2) is 9.59 Å². The van der Waals surface area contributed by atoms with Crippen LogP contribution in [0.15, 0.2) is 102 Å². The lowest BCUT2D eigenvalue weighted by molar-refractivity contribution is -0.146. The molecule has 1 saturated heterocycles. The average molecular weight is 1030 g/mol. The van der Waals surface area contributed by atoms with Crippen molar-refractivity contribution in [1.29, 1.82) is 0 Å². The maximum Gasteiger partial charge on any atom is 0.327 e. The van der Waals surface area contributed by atoms with E-state index in [-0.39, 0.29) is 43.8 Å². The van der Waals surface area contributed by atoms with Gasteiger partial charge in [-0.1, -0.05) is 112 Å². The van der Waals surface area contributed by atoms with E-state index in [1.807, 2.05) is 50.3 Å². The van der Waals surface area contributed by atoms with Crippen molar-refractivity contribution in [2.24, 2.45) is 34.2 Å². The van der Waals surface area contributed by atoms with Crippen LogP contribution in [0.1, 0.15) is 71.4 Å². The van der Waals surface area contributed by atoms with Crippen molar-refractivity contribution in [3.05, 3.63) is 108 Å². The number of aliphatic imine (C=N–C) groups is 1. The van der Waals surface area contributed by atoms with Crippen molar-refractivity contribution in [2.45, 2.75) is 115 Å². The molecule has 402 valence electrons. The van der Waals surface area contributed by atoms with Gasteiger partial charge in [-0.05, 0) is 50.7 Å². The second-order valence-corrected chi connectivity index (χ2v) is 18.3. The van der Waals surface area contributed by atoms with E-state index in [0.29, 0.717) is 17.6 Å². The minimum Gasteiger partial charge on any atom is -0.480 e. The smallest absolute Gasteiger partial charge is 0.327 e. The maximum atomic E-state index is 14.6. The summed E-state index contributed by atoms with van der Waals surface area (Å²) in [5, 5.41) is 35.7. The molecule has 0 unspecified atom stereocenters. The summed E-state index contributed by atoms with van der Waals surface area (Å²) in [4.78, 5) is 127. The quantitative estimate of drug-likeness (QED) is 0.0388. The van der Waals surface area contributed by atoms with E-state index in [9.17, 15) is 53.4 Å². The molecule has 22 heteroatoms. The van der Waals surface area contributed by atoms with Crippen LogP contribution in [0.5, 0.6) is 0 Å². The van der Waals surface area contributed by atoms with E-state index in [2.05, 4.69) is 43.5 Å². The standard InChI is InChI=1S/C52H72N10O12/c1-29(26-30(2)41(74-8)28-36-18-13-10-14-19-36)21-22-37-31(3)44(64)59-39(50(70)71)23-24-42(63)62(7)34(6)47(67)56-33(5)46(66)58-38(20-15-25-55-52(53)54)48(68)61-43(51(72)73)32(4)45(65)60-40(49(69)57-37)27-35-16-11-9-12-17-35/h9-14,16-19,21-22,26,30-33,37-41,43H,6,15,20,23-25,27-28H2,1-5,7-8H3,(H,56,67)(H,57,69)(H,58,66)(H,59,64)(H,60,65)(H,61,68)(H,70,71)(H,72,73)(H4,53,54,55)/b22-21+,29-26+/t30-,31-,32-,33+,37-,38-,39+,40-,41-,43+/m0/s1. The summed E-state index contributed by atoms with van der Waals surface area (Å²) in [7, 11) is 2.82. The van der Waals surface area contributed by atoms with Gasteiger partial charge in [-0.3, -0.25) is 38.6 Å². The molecule has 1 heterocycles. The second-order valence-electron chi connectivity index (χ2n) is 18.3. The van der Waals surface area contributed by atoms with Crippen LogP contribution >= 0.6 is 0 Å². The van der Waals surface area contributed by atoms with Crippen molar-refractivity contribution in [3.8, 4) is 0 Å². The van der Waals surface area contributed by atoms with Crippen molar-refractivity contribution in [3.63, 3.8) is 0 Å². The number of amides is 7. The van der Waals surface area contributed by atoms with Crippen LogP contribution in [-0.2, 0) is 60.7 Å². The van der Waals surface area contributed by atoms with Gasteiger partial charge in [-0.2, -0.15) is 0 Å². The molecule has 10 atom stereocenters. The van der Waals surface area contributed by atoms with Crippen LogP contribution in [0.2, 0.25) is 0 Å². The minimum absolute atomic E-state index is 0.00681. The number of carbonyl (C=O) groups is 9. The largest absolute Gasteiger partial charge is 0.480 e. The number of nitrogens with one attached hydrogen (secondary N) is 6. The first-order chi connectivity index (χ1) is 34.9. The molecule has 22 nitrogen and oxygen atoms in total. The van der Waals surface area contributed by atoms with Crippen LogP contribution in [0.4, 0.5) is 0 Å². The third-order valence-corrected chi connectivity index (χ3v) is 12.5. The lowest BCUT2D eigenvalue weighted by Gasteiger charge is -2.28. The van der Waals surface area contributed by atoms with E-state index in [0.717, 1.165) is 10.5 Å². The summed E-state index contributed by atoms with van der Waals surface area (Å²) in [5.41, 5.74) is 12.8. The molecule has 0 spiro atoms. The lowest BCUT2D eigenvalue weighted by atomic mass is 9.94. The predicted molar refractivity (Wildman–Crippen MR) is 275 cm³/mol. The highest BCUT2D eigenvalue weighted by atomic mass is 16.5. The molecule has 0 bridgehead atoms. The molecule has 1 aliphatic rings. The Labute approximate surface area is 431 Å². The number of nitrogens with zero attached hydrogens (tertiary/aromatic N) is 2. The Morgan fingerprint density at radius 2 is 1.38 bits per heavy atom. The van der Waals surface area contributed by atoms with Crippen molar-refractivity contribution < 1.29 is 58.1 Å². The van der Waals surface area contributed by atoms with Gasteiger partial charge in [0.1, 0.15) is 35.9 Å². The predicted octanol–water partition coefficient (Wildman–Crippen LogP) is 0.815. The molecule has 0 aromatic heterocycles. The number of allylic oxidation sites excluding steroid dienone is 2. The highest BCUT2D eigenvalue weighted by Gasteiger charge is 2.37. The van der Waals surface area contributed by atoms with E-state index in [1.165, 1.54) is 27.8 Å². The molecule has 7 amide bonds. The fourth-order valence-corrected chi connectivity index (χ4v) is 7.81. The molecule has 0 saturated carbocycles. The van der Waals surface area contributed by atoms with Gasteiger partial charge in [0.25, 0.3) is 5.91 Å². The van der Waals surface area contributed by atoms with Gasteiger partial charge in [0.15, 0.2) is 5.96 Å². The first kappa shape index (κ1) is 60.4. The summed E-state index contributed by atoms with van der Waals surface area (Å²) in [6, 6.07) is 9.35. The number of carboxylic acids is 2. The second kappa shape index (κ2) is 29.6. The highest BCUT2D eigenvalue weighted by molar-refractivity contribution is 6.00. The fraction of sp³-hybridized carbons (Fsp3) is 0.462. The Morgan fingerprint density at radius 3 is 1.96 bits per heavy atom. The Hall–Kier alpha value is -7.88. The summed E-state index contributed by atoms with van der Waals surface area (Å²) in [6.07, 6.45) is 4.46. The van der Waals surface area contributed by atoms with Gasteiger partial charge < -0.3 is 63.2 Å². The number of ether oxygens (including phenoxy) is 1. The van der Waals surface area contributed by atoms with Crippen LogP contribution < -0.4 is 43.4 Å². The summed E-state index contributed by atoms with van der Waals surface area (Å²) in [6.45, 7) is 11.4. The zero-order chi connectivity index (χ0) is 55.2. The number of hydrogen-bond donors (Lipinski definition) is 10. The molecular formula is C52H72N10O12. The first-order valence-corrected chi connectivity index (χ1v) is 24.2. The van der Waals surface area contributed by atoms with Gasteiger partial charge in [0.05, 0.1) is 24.0 Å². The normalized spacial score (nSPS) is 24.6. The lowest BCUT2D eigenvalue weighted by Crippen LogP contribution is -2.59. The maximum absolute atomic E-state index is 14.6. The number of aliphatic carboxylic acids is 2. The number of rotatable bonds is 15. The Balaban J connectivity index is 2.14. The molecule has 1 aliphatic heterocycles. The zero-order valence-corrected chi connectivity index (χ0v) is 43.0. The fourth-order valence-electron chi connectivity index (χ4n) is 7.81. The van der Waals surface area contributed by atoms with Crippen LogP contribution in [0, 0.1) is 17.8 Å². The average Bonchev–Trinajstić information content (AvgIpc) is 3.36. The SMILES string of the molecule is C=C1C(=O)N[C@H](C)C(=O)N[C@@H](CCCN=C(N)N)C(=O)N[C@@H](C(=O)O)[C@H](C)C(=O)N[C@@H](Cc2ccccc2)C(=O)N[C@@H](/C=C/C(C)=C/[C@H](C)[C@H](Cc2ccccc2)OC)[C@H](C)C(=O)N[C@@H](C(=O)O)CCC(=O)N1C.